The van der Waals surface area contributed by atoms with Crippen LogP contribution in [0.1, 0.15) is 27.2 Å². The van der Waals surface area contributed by atoms with Gasteiger partial charge in [0.1, 0.15) is 5.56 Å². The van der Waals surface area contributed by atoms with E-state index in [0.29, 0.717) is 5.76 Å². The molecule has 0 unspecified atom stereocenters. The van der Waals surface area contributed by atoms with Crippen LogP contribution in [0.25, 0.3) is 10.6 Å². The predicted molar refractivity (Wildman–Crippen MR) is 58.8 cm³/mol. The summed E-state index contributed by atoms with van der Waals surface area (Å²) in [5.41, 5.74) is 1.47. The standard InChI is InChI=1S/C11H9NO3S/c13-11(14)7-5-12-15-10(7)9-4-6-2-1-3-8(6)16-9/h4-5H,1-3H2,(H,13,14). The van der Waals surface area contributed by atoms with E-state index >= 15 is 0 Å². The monoisotopic (exact) mass is 235 g/mol. The van der Waals surface area contributed by atoms with Crippen molar-refractivity contribution in [3.05, 3.63) is 28.3 Å². The van der Waals surface area contributed by atoms with Gasteiger partial charge in [-0.3, -0.25) is 0 Å². The molecule has 82 valence electrons. The molecule has 0 saturated heterocycles. The number of hydrogen-bond acceptors (Lipinski definition) is 4. The normalized spacial score (nSPS) is 14.0. The zero-order chi connectivity index (χ0) is 11.1. The third-order valence-electron chi connectivity index (χ3n) is 2.77. The molecular weight excluding hydrogens is 226 g/mol. The summed E-state index contributed by atoms with van der Waals surface area (Å²) in [6, 6.07) is 2.03. The van der Waals surface area contributed by atoms with Crippen LogP contribution in [0.5, 0.6) is 0 Å². The molecule has 4 nitrogen and oxygen atoms in total. The fourth-order valence-electron chi connectivity index (χ4n) is 2.01. The Balaban J connectivity index is 2.08. The molecule has 5 heteroatoms. The summed E-state index contributed by atoms with van der Waals surface area (Å²) in [6.07, 6.45) is 4.63. The lowest BCUT2D eigenvalue weighted by Gasteiger charge is -1.92. The van der Waals surface area contributed by atoms with E-state index in [0.717, 1.165) is 17.7 Å². The van der Waals surface area contributed by atoms with Gasteiger partial charge in [-0.15, -0.1) is 11.3 Å². The van der Waals surface area contributed by atoms with Crippen LogP contribution in [0.15, 0.2) is 16.8 Å². The molecule has 1 aliphatic carbocycles. The molecule has 1 aliphatic rings. The number of carboxylic acids is 1. The van der Waals surface area contributed by atoms with Crippen molar-refractivity contribution >= 4 is 17.3 Å². The van der Waals surface area contributed by atoms with Crippen LogP contribution in [0.2, 0.25) is 0 Å². The van der Waals surface area contributed by atoms with Crippen LogP contribution in [0.3, 0.4) is 0 Å². The van der Waals surface area contributed by atoms with Crippen molar-refractivity contribution in [2.75, 3.05) is 0 Å². The molecule has 1 N–H and O–H groups in total. The van der Waals surface area contributed by atoms with Crippen LogP contribution < -0.4 is 0 Å². The third kappa shape index (κ3) is 1.36. The first-order valence-corrected chi connectivity index (χ1v) is 5.87. The van der Waals surface area contributed by atoms with Gasteiger partial charge in [0.2, 0.25) is 0 Å². The van der Waals surface area contributed by atoms with E-state index in [-0.39, 0.29) is 5.56 Å². The van der Waals surface area contributed by atoms with Gasteiger partial charge in [-0.1, -0.05) is 5.16 Å². The van der Waals surface area contributed by atoms with Gasteiger partial charge in [0.25, 0.3) is 0 Å². The molecule has 0 saturated carbocycles. The molecule has 0 aliphatic heterocycles. The molecule has 0 bridgehead atoms. The number of rotatable bonds is 2. The van der Waals surface area contributed by atoms with Crippen LogP contribution in [0.4, 0.5) is 0 Å². The maximum absolute atomic E-state index is 10.9. The van der Waals surface area contributed by atoms with Gasteiger partial charge in [-0.05, 0) is 30.9 Å². The number of hydrogen-bond donors (Lipinski definition) is 1. The minimum Gasteiger partial charge on any atom is -0.477 e. The van der Waals surface area contributed by atoms with Crippen molar-refractivity contribution in [2.45, 2.75) is 19.3 Å². The van der Waals surface area contributed by atoms with E-state index < -0.39 is 5.97 Å². The predicted octanol–water partition coefficient (Wildman–Crippen LogP) is 2.59. The molecular formula is C11H9NO3S. The third-order valence-corrected chi connectivity index (χ3v) is 4.01. The molecule has 3 rings (SSSR count). The van der Waals surface area contributed by atoms with E-state index in [2.05, 4.69) is 5.16 Å². The Morgan fingerprint density at radius 1 is 1.50 bits per heavy atom. The quantitative estimate of drug-likeness (QED) is 0.869. The first-order chi connectivity index (χ1) is 7.75. The van der Waals surface area contributed by atoms with Crippen LogP contribution in [-0.2, 0) is 12.8 Å². The number of aryl methyl sites for hydroxylation is 2. The molecule has 0 amide bonds. The van der Waals surface area contributed by atoms with Crippen LogP contribution in [0, 0.1) is 0 Å². The van der Waals surface area contributed by atoms with Crippen LogP contribution >= 0.6 is 11.3 Å². The van der Waals surface area contributed by atoms with Gasteiger partial charge in [-0.25, -0.2) is 4.79 Å². The van der Waals surface area contributed by atoms with Gasteiger partial charge in [0, 0.05) is 4.88 Å². The Kier molecular flexibility index (Phi) is 2.07. The minimum atomic E-state index is -0.996. The fourth-order valence-corrected chi connectivity index (χ4v) is 3.26. The van der Waals surface area contributed by atoms with E-state index in [9.17, 15) is 4.79 Å². The number of thiophene rings is 1. The van der Waals surface area contributed by atoms with Gasteiger partial charge >= 0.3 is 5.97 Å². The van der Waals surface area contributed by atoms with Gasteiger partial charge < -0.3 is 9.63 Å². The Hall–Kier alpha value is -1.62. The van der Waals surface area contributed by atoms with Crippen molar-refractivity contribution in [2.24, 2.45) is 0 Å². The highest BCUT2D eigenvalue weighted by atomic mass is 32.1. The number of carbonyl (C=O) groups is 1. The Morgan fingerprint density at radius 2 is 2.38 bits per heavy atom. The number of aromatic carboxylic acids is 1. The molecule has 2 heterocycles. The molecule has 0 fully saturated rings. The van der Waals surface area contributed by atoms with Crippen molar-refractivity contribution in [3.63, 3.8) is 0 Å². The zero-order valence-electron chi connectivity index (χ0n) is 8.40. The molecule has 0 aromatic carbocycles. The second-order valence-corrected chi connectivity index (χ2v) is 4.92. The first kappa shape index (κ1) is 9.59. The summed E-state index contributed by atoms with van der Waals surface area (Å²) in [5.74, 6) is -0.614. The topological polar surface area (TPSA) is 63.3 Å². The number of carboxylic acid groups (broad SMARTS) is 1. The summed E-state index contributed by atoms with van der Waals surface area (Å²) in [6.45, 7) is 0. The lowest BCUT2D eigenvalue weighted by molar-refractivity contribution is 0.0697. The number of fused-ring (bicyclic) bond motifs is 1. The fraction of sp³-hybridized carbons (Fsp3) is 0.273. The number of aromatic nitrogens is 1. The van der Waals surface area contributed by atoms with Gasteiger partial charge in [0.05, 0.1) is 11.1 Å². The smallest absolute Gasteiger partial charge is 0.341 e. The summed E-state index contributed by atoms with van der Waals surface area (Å²) < 4.78 is 5.03. The second-order valence-electron chi connectivity index (χ2n) is 3.79. The molecule has 0 spiro atoms. The van der Waals surface area contributed by atoms with Crippen molar-refractivity contribution in [1.82, 2.24) is 5.16 Å². The van der Waals surface area contributed by atoms with Crippen LogP contribution in [-0.4, -0.2) is 16.2 Å². The molecule has 16 heavy (non-hydrogen) atoms. The van der Waals surface area contributed by atoms with Crippen molar-refractivity contribution in [1.29, 1.82) is 0 Å². The maximum Gasteiger partial charge on any atom is 0.341 e. The lowest BCUT2D eigenvalue weighted by Crippen LogP contribution is -1.95. The lowest BCUT2D eigenvalue weighted by atomic mass is 10.2. The largest absolute Gasteiger partial charge is 0.477 e. The van der Waals surface area contributed by atoms with Gasteiger partial charge in [0.15, 0.2) is 5.76 Å². The summed E-state index contributed by atoms with van der Waals surface area (Å²) >= 11 is 1.61. The second kappa shape index (κ2) is 3.45. The van der Waals surface area contributed by atoms with Crippen molar-refractivity contribution in [3.8, 4) is 10.6 Å². The summed E-state index contributed by atoms with van der Waals surface area (Å²) in [4.78, 5) is 13.2. The SMILES string of the molecule is O=C(O)c1cnoc1-c1cc2c(s1)CCC2. The van der Waals surface area contributed by atoms with E-state index in [1.54, 1.807) is 11.3 Å². The first-order valence-electron chi connectivity index (χ1n) is 5.05. The Bertz CT molecular complexity index is 534. The average molecular weight is 235 g/mol. The van der Waals surface area contributed by atoms with Crippen molar-refractivity contribution < 1.29 is 14.4 Å². The zero-order valence-corrected chi connectivity index (χ0v) is 9.21. The van der Waals surface area contributed by atoms with E-state index in [1.165, 1.54) is 23.1 Å². The molecule has 0 radical (unpaired) electrons. The maximum atomic E-state index is 10.9. The van der Waals surface area contributed by atoms with E-state index in [4.69, 9.17) is 9.63 Å². The molecule has 2 aromatic heterocycles. The minimum absolute atomic E-state index is 0.139. The average Bonchev–Trinajstić information content (AvgIpc) is 2.91. The number of nitrogens with zero attached hydrogens (tertiary/aromatic N) is 1. The summed E-state index contributed by atoms with van der Waals surface area (Å²) in [7, 11) is 0. The van der Waals surface area contributed by atoms with E-state index in [1.807, 2.05) is 6.07 Å². The highest BCUT2D eigenvalue weighted by Crippen LogP contribution is 2.37. The van der Waals surface area contributed by atoms with Gasteiger partial charge in [-0.2, -0.15) is 0 Å². The highest BCUT2D eigenvalue weighted by molar-refractivity contribution is 7.15. The Labute approximate surface area is 95.5 Å². The Morgan fingerprint density at radius 3 is 3.12 bits per heavy atom. The summed E-state index contributed by atoms with van der Waals surface area (Å²) in [5, 5.41) is 12.5. The molecule has 0 atom stereocenters. The molecule has 2 aromatic rings. The highest BCUT2D eigenvalue weighted by Gasteiger charge is 2.22.